The van der Waals surface area contributed by atoms with Gasteiger partial charge in [-0.1, -0.05) is 121 Å². The van der Waals surface area contributed by atoms with E-state index < -0.39 is 0 Å². The Bertz CT molecular complexity index is 3520. The van der Waals surface area contributed by atoms with Crippen LogP contribution in [-0.4, -0.2) is 9.55 Å². The molecule has 0 aliphatic rings. The third kappa shape index (κ3) is 5.15. The summed E-state index contributed by atoms with van der Waals surface area (Å²) in [4.78, 5) is 5.40. The Morgan fingerprint density at radius 2 is 1.07 bits per heavy atom. The number of fused-ring (bicyclic) bond motifs is 9. The van der Waals surface area contributed by atoms with E-state index in [1.165, 1.54) is 58.8 Å². The third-order valence-corrected chi connectivity index (χ3v) is 12.5. The molecule has 0 unspecified atom stereocenters. The van der Waals surface area contributed by atoms with Gasteiger partial charge in [-0.2, -0.15) is 0 Å². The van der Waals surface area contributed by atoms with Crippen molar-refractivity contribution < 1.29 is 4.42 Å². The van der Waals surface area contributed by atoms with Crippen LogP contribution in [0.5, 0.6) is 0 Å². The summed E-state index contributed by atoms with van der Waals surface area (Å²) in [6.45, 7) is 0. The van der Waals surface area contributed by atoms with Gasteiger partial charge in [-0.25, -0.2) is 4.98 Å². The maximum Gasteiger partial charge on any atom is 0.136 e. The van der Waals surface area contributed by atoms with Crippen molar-refractivity contribution in [2.45, 2.75) is 0 Å². The Kier molecular flexibility index (Phi) is 7.10. The van der Waals surface area contributed by atoms with E-state index in [1.807, 2.05) is 23.5 Å². The second-order valence-electron chi connectivity index (χ2n) is 14.7. The predicted octanol–water partition coefficient (Wildman–Crippen LogP) is 15.1. The second kappa shape index (κ2) is 12.6. The number of hydrogen-bond donors (Lipinski definition) is 0. The number of nitrogens with zero attached hydrogens (tertiary/aromatic N) is 2. The number of thiophene rings is 1. The molecule has 3 nitrogen and oxygen atoms in total. The van der Waals surface area contributed by atoms with Crippen LogP contribution in [0.25, 0.3) is 114 Å². The minimum Gasteiger partial charge on any atom is -0.456 e. The number of hydrogen-bond acceptors (Lipinski definition) is 3. The Morgan fingerprint density at radius 3 is 1.96 bits per heavy atom. The smallest absolute Gasteiger partial charge is 0.136 e. The van der Waals surface area contributed by atoms with Gasteiger partial charge in [-0.3, -0.25) is 0 Å². The highest BCUT2D eigenvalue weighted by atomic mass is 32.1. The van der Waals surface area contributed by atoms with Gasteiger partial charge in [0.05, 0.1) is 22.4 Å². The minimum absolute atomic E-state index is 0.866. The van der Waals surface area contributed by atoms with E-state index in [4.69, 9.17) is 9.40 Å². The average molecular weight is 745 g/mol. The summed E-state index contributed by atoms with van der Waals surface area (Å²) in [5.74, 6) is 0. The number of pyridine rings is 1. The van der Waals surface area contributed by atoms with Crippen molar-refractivity contribution in [2.24, 2.45) is 0 Å². The normalized spacial score (nSPS) is 11.9. The van der Waals surface area contributed by atoms with Crippen molar-refractivity contribution >= 4 is 75.3 Å². The molecule has 8 aromatic carbocycles. The predicted molar refractivity (Wildman–Crippen MR) is 240 cm³/mol. The van der Waals surface area contributed by atoms with Crippen LogP contribution < -0.4 is 0 Å². The van der Waals surface area contributed by atoms with Crippen LogP contribution in [0.4, 0.5) is 0 Å². The van der Waals surface area contributed by atoms with Crippen LogP contribution in [0.15, 0.2) is 199 Å². The molecule has 0 spiro atoms. The van der Waals surface area contributed by atoms with Gasteiger partial charge in [0.15, 0.2) is 0 Å². The van der Waals surface area contributed by atoms with E-state index in [1.54, 1.807) is 0 Å². The number of para-hydroxylation sites is 3. The lowest BCUT2D eigenvalue weighted by molar-refractivity contribution is 0.669. The molecule has 266 valence electrons. The molecular formula is C53H32N2OS. The molecule has 4 heteroatoms. The SMILES string of the molecule is c1ccc(-c2cc(-c3ccc4c(c3)oc3ccccc34)nc(-c3cccc4sc5cc(-c6ccc7c(c6)c6ccccc6n7-c6ccccc6)ccc5c34)c2)cc1. The van der Waals surface area contributed by atoms with Gasteiger partial charge in [-0.15, -0.1) is 11.3 Å². The van der Waals surface area contributed by atoms with Crippen LogP contribution in [0.2, 0.25) is 0 Å². The van der Waals surface area contributed by atoms with Gasteiger partial charge in [0.2, 0.25) is 0 Å². The molecule has 12 rings (SSSR count). The van der Waals surface area contributed by atoms with E-state index in [0.29, 0.717) is 0 Å². The number of benzene rings is 8. The number of aromatic nitrogens is 2. The Balaban J connectivity index is 1.00. The van der Waals surface area contributed by atoms with Gasteiger partial charge in [0.25, 0.3) is 0 Å². The van der Waals surface area contributed by atoms with Gasteiger partial charge < -0.3 is 8.98 Å². The molecule has 0 aliphatic heterocycles. The number of furan rings is 1. The average Bonchev–Trinajstić information content (AvgIpc) is 3.95. The fourth-order valence-corrected chi connectivity index (χ4v) is 9.90. The van der Waals surface area contributed by atoms with E-state index in [-0.39, 0.29) is 0 Å². The molecule has 0 bridgehead atoms. The zero-order valence-corrected chi connectivity index (χ0v) is 31.5. The lowest BCUT2D eigenvalue weighted by Gasteiger charge is -2.12. The zero-order valence-electron chi connectivity index (χ0n) is 30.7. The van der Waals surface area contributed by atoms with Crippen LogP contribution in [0, 0.1) is 0 Å². The third-order valence-electron chi connectivity index (χ3n) is 11.4. The standard InChI is InChI=1S/C53H32N2OS/c1-3-12-33(13-4-1)37-29-45(36-23-25-41-40-17-8-10-20-49(40)56-50(41)31-36)54-46(30-37)42-18-11-21-51-53(42)43-26-22-35(32-52(43)57-51)34-24-27-48-44(28-34)39-16-7-9-19-47(39)55(48)38-14-5-2-6-15-38/h1-32H. The summed E-state index contributed by atoms with van der Waals surface area (Å²) < 4.78 is 11.2. The van der Waals surface area contributed by atoms with Crippen molar-refractivity contribution in [2.75, 3.05) is 0 Å². The maximum atomic E-state index is 6.31. The highest BCUT2D eigenvalue weighted by Gasteiger charge is 2.18. The molecule has 0 radical (unpaired) electrons. The van der Waals surface area contributed by atoms with Crippen molar-refractivity contribution in [3.05, 3.63) is 194 Å². The van der Waals surface area contributed by atoms with Crippen molar-refractivity contribution in [1.82, 2.24) is 9.55 Å². The summed E-state index contributed by atoms with van der Waals surface area (Å²) in [5, 5.41) is 7.23. The molecule has 0 fully saturated rings. The van der Waals surface area contributed by atoms with Gasteiger partial charge in [-0.05, 0) is 95.1 Å². The van der Waals surface area contributed by atoms with Crippen molar-refractivity contribution in [1.29, 1.82) is 0 Å². The molecule has 0 amide bonds. The Labute approximate surface area is 332 Å². The summed E-state index contributed by atoms with van der Waals surface area (Å²) in [7, 11) is 0. The zero-order chi connectivity index (χ0) is 37.5. The maximum absolute atomic E-state index is 6.31. The molecule has 57 heavy (non-hydrogen) atoms. The van der Waals surface area contributed by atoms with Crippen LogP contribution in [-0.2, 0) is 0 Å². The van der Waals surface area contributed by atoms with Crippen molar-refractivity contribution in [3.63, 3.8) is 0 Å². The first-order valence-corrected chi connectivity index (χ1v) is 20.1. The lowest BCUT2D eigenvalue weighted by Crippen LogP contribution is -1.92. The molecule has 4 aromatic heterocycles. The molecule has 0 N–H and O–H groups in total. The van der Waals surface area contributed by atoms with E-state index in [9.17, 15) is 0 Å². The minimum atomic E-state index is 0.866. The molecular weight excluding hydrogens is 713 g/mol. The summed E-state index contributed by atoms with van der Waals surface area (Å²) >= 11 is 1.85. The van der Waals surface area contributed by atoms with Crippen LogP contribution >= 0.6 is 11.3 Å². The first-order valence-electron chi connectivity index (χ1n) is 19.3. The first kappa shape index (κ1) is 32.0. The fourth-order valence-electron chi connectivity index (χ4n) is 8.73. The largest absolute Gasteiger partial charge is 0.456 e. The summed E-state index contributed by atoms with van der Waals surface area (Å²) in [6.07, 6.45) is 0. The fraction of sp³-hybridized carbons (Fsp3) is 0. The summed E-state index contributed by atoms with van der Waals surface area (Å²) in [5.41, 5.74) is 14.1. The molecule has 0 aliphatic carbocycles. The van der Waals surface area contributed by atoms with E-state index in [0.717, 1.165) is 55.6 Å². The molecule has 12 aromatic rings. The second-order valence-corrected chi connectivity index (χ2v) is 15.8. The van der Waals surface area contributed by atoms with Crippen molar-refractivity contribution in [3.8, 4) is 50.5 Å². The molecule has 0 saturated carbocycles. The van der Waals surface area contributed by atoms with E-state index in [2.05, 4.69) is 187 Å². The quantitative estimate of drug-likeness (QED) is 0.176. The molecule has 0 saturated heterocycles. The summed E-state index contributed by atoms with van der Waals surface area (Å²) in [6, 6.07) is 69.6. The van der Waals surface area contributed by atoms with Crippen LogP contribution in [0.1, 0.15) is 0 Å². The highest BCUT2D eigenvalue weighted by molar-refractivity contribution is 7.26. The molecule has 4 heterocycles. The lowest BCUT2D eigenvalue weighted by atomic mass is 9.96. The molecule has 0 atom stereocenters. The monoisotopic (exact) mass is 744 g/mol. The van der Waals surface area contributed by atoms with Gasteiger partial charge in [0, 0.05) is 58.5 Å². The number of rotatable bonds is 5. The van der Waals surface area contributed by atoms with Crippen LogP contribution in [0.3, 0.4) is 0 Å². The highest BCUT2D eigenvalue weighted by Crippen LogP contribution is 2.43. The topological polar surface area (TPSA) is 31.0 Å². The Morgan fingerprint density at radius 1 is 0.386 bits per heavy atom. The first-order chi connectivity index (χ1) is 28.2. The van der Waals surface area contributed by atoms with E-state index >= 15 is 0 Å². The Hall–Kier alpha value is -7.27. The van der Waals surface area contributed by atoms with Gasteiger partial charge in [0.1, 0.15) is 11.2 Å². The van der Waals surface area contributed by atoms with Gasteiger partial charge >= 0.3 is 0 Å².